The summed E-state index contributed by atoms with van der Waals surface area (Å²) < 4.78 is 14.5. The fourth-order valence-electron chi connectivity index (χ4n) is 2.01. The molecular weight excluding hydrogens is 271 g/mol. The third kappa shape index (κ3) is 2.67. The maximum absolute atomic E-state index is 12.9. The van der Waals surface area contributed by atoms with Crippen LogP contribution in [-0.4, -0.2) is 20.9 Å². The normalized spacial score (nSPS) is 10.5. The van der Waals surface area contributed by atoms with Gasteiger partial charge in [-0.1, -0.05) is 12.1 Å². The highest BCUT2D eigenvalue weighted by atomic mass is 19.1. The van der Waals surface area contributed by atoms with Gasteiger partial charge in [0.1, 0.15) is 5.82 Å². The Morgan fingerprint density at radius 1 is 1.00 bits per heavy atom. The first kappa shape index (κ1) is 13.1. The van der Waals surface area contributed by atoms with E-state index in [0.717, 1.165) is 16.8 Å². The van der Waals surface area contributed by atoms with E-state index in [4.69, 9.17) is 5.11 Å². The third-order valence-corrected chi connectivity index (χ3v) is 3.14. The first-order valence-corrected chi connectivity index (χ1v) is 6.28. The van der Waals surface area contributed by atoms with Crippen molar-refractivity contribution >= 4 is 5.97 Å². The van der Waals surface area contributed by atoms with Crippen molar-refractivity contribution in [2.45, 2.75) is 0 Å². The maximum atomic E-state index is 12.9. The number of carboxylic acids is 1. The number of carboxylic acid groups (broad SMARTS) is 1. The Morgan fingerprint density at radius 2 is 1.67 bits per heavy atom. The average Bonchev–Trinajstić information content (AvgIpc) is 2.98. The van der Waals surface area contributed by atoms with Crippen LogP contribution in [0.2, 0.25) is 0 Å². The molecule has 3 aromatic rings. The highest BCUT2D eigenvalue weighted by molar-refractivity contribution is 5.88. The van der Waals surface area contributed by atoms with Crippen LogP contribution in [0.25, 0.3) is 16.8 Å². The molecule has 1 heterocycles. The van der Waals surface area contributed by atoms with E-state index >= 15 is 0 Å². The molecule has 0 bridgehead atoms. The molecule has 21 heavy (non-hydrogen) atoms. The van der Waals surface area contributed by atoms with Crippen LogP contribution >= 0.6 is 0 Å². The molecule has 0 saturated carbocycles. The lowest BCUT2D eigenvalue weighted by Crippen LogP contribution is -1.95. The zero-order valence-corrected chi connectivity index (χ0v) is 10.9. The van der Waals surface area contributed by atoms with Gasteiger partial charge in [-0.2, -0.15) is 5.10 Å². The summed E-state index contributed by atoms with van der Waals surface area (Å²) in [5.41, 5.74) is 2.72. The van der Waals surface area contributed by atoms with Gasteiger partial charge in [-0.3, -0.25) is 0 Å². The Bertz CT molecular complexity index is 777. The molecule has 0 spiro atoms. The molecule has 3 rings (SSSR count). The Morgan fingerprint density at radius 3 is 2.29 bits per heavy atom. The summed E-state index contributed by atoms with van der Waals surface area (Å²) in [5, 5.41) is 13.1. The predicted octanol–water partition coefficient (Wildman–Crippen LogP) is 3.38. The lowest BCUT2D eigenvalue weighted by Gasteiger charge is -2.00. The number of aromatic carboxylic acids is 1. The zero-order chi connectivity index (χ0) is 14.8. The standard InChI is InChI=1S/C16H11FN2O2/c17-14-5-7-15(8-6-14)19-10-13(9-18-19)11-1-3-12(4-2-11)16(20)21/h1-10H,(H,20,21). The summed E-state index contributed by atoms with van der Waals surface area (Å²) in [6.45, 7) is 0. The summed E-state index contributed by atoms with van der Waals surface area (Å²) in [6.07, 6.45) is 3.49. The van der Waals surface area contributed by atoms with Gasteiger partial charge in [0, 0.05) is 11.8 Å². The molecule has 1 aromatic heterocycles. The number of benzene rings is 2. The van der Waals surface area contributed by atoms with Crippen LogP contribution in [0.5, 0.6) is 0 Å². The fraction of sp³-hybridized carbons (Fsp3) is 0. The summed E-state index contributed by atoms with van der Waals surface area (Å²) in [7, 11) is 0. The molecule has 4 nitrogen and oxygen atoms in total. The van der Waals surface area contributed by atoms with Crippen LogP contribution < -0.4 is 0 Å². The minimum Gasteiger partial charge on any atom is -0.478 e. The van der Waals surface area contributed by atoms with Gasteiger partial charge in [0.25, 0.3) is 0 Å². The zero-order valence-electron chi connectivity index (χ0n) is 10.9. The van der Waals surface area contributed by atoms with Gasteiger partial charge < -0.3 is 5.11 Å². The molecule has 1 N–H and O–H groups in total. The topological polar surface area (TPSA) is 55.1 Å². The quantitative estimate of drug-likeness (QED) is 0.801. The van der Waals surface area contributed by atoms with Crippen LogP contribution in [0.1, 0.15) is 10.4 Å². The van der Waals surface area contributed by atoms with Gasteiger partial charge in [-0.15, -0.1) is 0 Å². The van der Waals surface area contributed by atoms with Crippen LogP contribution in [0.3, 0.4) is 0 Å². The molecule has 0 aliphatic rings. The molecule has 2 aromatic carbocycles. The van der Waals surface area contributed by atoms with Crippen LogP contribution in [0.4, 0.5) is 4.39 Å². The second-order valence-corrected chi connectivity index (χ2v) is 4.53. The number of aromatic nitrogens is 2. The molecule has 0 atom stereocenters. The Hall–Kier alpha value is -2.95. The predicted molar refractivity (Wildman–Crippen MR) is 75.9 cm³/mol. The molecule has 0 aliphatic heterocycles. The van der Waals surface area contributed by atoms with E-state index in [-0.39, 0.29) is 11.4 Å². The Balaban J connectivity index is 1.90. The van der Waals surface area contributed by atoms with Crippen molar-refractivity contribution < 1.29 is 14.3 Å². The highest BCUT2D eigenvalue weighted by Gasteiger charge is 2.06. The molecule has 104 valence electrons. The van der Waals surface area contributed by atoms with Crippen molar-refractivity contribution in [3.63, 3.8) is 0 Å². The number of halogens is 1. The van der Waals surface area contributed by atoms with Crippen molar-refractivity contribution in [1.82, 2.24) is 9.78 Å². The second kappa shape index (κ2) is 5.20. The Kier molecular flexibility index (Phi) is 3.23. The van der Waals surface area contributed by atoms with Crippen molar-refractivity contribution in [3.8, 4) is 16.8 Å². The molecule has 0 amide bonds. The fourth-order valence-corrected chi connectivity index (χ4v) is 2.01. The van der Waals surface area contributed by atoms with Gasteiger partial charge in [-0.05, 0) is 42.0 Å². The first-order chi connectivity index (χ1) is 10.1. The van der Waals surface area contributed by atoms with Crippen molar-refractivity contribution in [3.05, 3.63) is 72.3 Å². The van der Waals surface area contributed by atoms with E-state index in [2.05, 4.69) is 5.10 Å². The molecule has 0 radical (unpaired) electrons. The molecule has 0 unspecified atom stereocenters. The molecule has 5 heteroatoms. The number of rotatable bonds is 3. The lowest BCUT2D eigenvalue weighted by atomic mass is 10.1. The molecule has 0 saturated heterocycles. The molecule has 0 aliphatic carbocycles. The monoisotopic (exact) mass is 282 g/mol. The summed E-state index contributed by atoms with van der Waals surface area (Å²) >= 11 is 0. The average molecular weight is 282 g/mol. The Labute approximate surface area is 120 Å². The smallest absolute Gasteiger partial charge is 0.335 e. The largest absolute Gasteiger partial charge is 0.478 e. The van der Waals surface area contributed by atoms with Crippen LogP contribution in [0, 0.1) is 5.82 Å². The SMILES string of the molecule is O=C(O)c1ccc(-c2cnn(-c3ccc(F)cc3)c2)cc1. The van der Waals surface area contributed by atoms with Gasteiger partial charge in [-0.25, -0.2) is 13.9 Å². The maximum Gasteiger partial charge on any atom is 0.335 e. The van der Waals surface area contributed by atoms with Gasteiger partial charge in [0.15, 0.2) is 0 Å². The number of hydrogen-bond acceptors (Lipinski definition) is 2. The van der Waals surface area contributed by atoms with E-state index in [9.17, 15) is 9.18 Å². The minimum atomic E-state index is -0.955. The second-order valence-electron chi connectivity index (χ2n) is 4.53. The van der Waals surface area contributed by atoms with Crippen LogP contribution in [-0.2, 0) is 0 Å². The van der Waals surface area contributed by atoms with E-state index in [0.29, 0.717) is 0 Å². The summed E-state index contributed by atoms with van der Waals surface area (Å²) in [5.74, 6) is -1.25. The molecular formula is C16H11FN2O2. The van der Waals surface area contributed by atoms with E-state index < -0.39 is 5.97 Å². The van der Waals surface area contributed by atoms with Crippen molar-refractivity contribution in [1.29, 1.82) is 0 Å². The van der Waals surface area contributed by atoms with Crippen LogP contribution in [0.15, 0.2) is 60.9 Å². The minimum absolute atomic E-state index is 0.240. The van der Waals surface area contributed by atoms with E-state index in [1.165, 1.54) is 12.1 Å². The van der Waals surface area contributed by atoms with E-state index in [1.807, 2.05) is 6.20 Å². The number of carbonyl (C=O) groups is 1. The lowest BCUT2D eigenvalue weighted by molar-refractivity contribution is 0.0697. The van der Waals surface area contributed by atoms with Gasteiger partial charge in [0.05, 0.1) is 17.4 Å². The van der Waals surface area contributed by atoms with Gasteiger partial charge in [0.2, 0.25) is 0 Å². The van der Waals surface area contributed by atoms with Crippen molar-refractivity contribution in [2.75, 3.05) is 0 Å². The highest BCUT2D eigenvalue weighted by Crippen LogP contribution is 2.20. The number of hydrogen-bond donors (Lipinski definition) is 1. The summed E-state index contributed by atoms with van der Waals surface area (Å²) in [4.78, 5) is 10.8. The molecule has 0 fully saturated rings. The number of nitrogens with zero attached hydrogens (tertiary/aromatic N) is 2. The van der Waals surface area contributed by atoms with E-state index in [1.54, 1.807) is 47.3 Å². The third-order valence-electron chi connectivity index (χ3n) is 3.14. The first-order valence-electron chi connectivity index (χ1n) is 6.28. The summed E-state index contributed by atoms with van der Waals surface area (Å²) in [6, 6.07) is 12.6. The van der Waals surface area contributed by atoms with Crippen molar-refractivity contribution in [2.24, 2.45) is 0 Å². The van der Waals surface area contributed by atoms with Gasteiger partial charge >= 0.3 is 5.97 Å².